The monoisotopic (exact) mass is 352 g/mol. The maximum atomic E-state index is 13.1. The maximum Gasteiger partial charge on any atom is 0.227 e. The second-order valence-corrected chi connectivity index (χ2v) is 7.38. The highest BCUT2D eigenvalue weighted by molar-refractivity contribution is 5.93. The first-order valence-electron chi connectivity index (χ1n) is 9.63. The van der Waals surface area contributed by atoms with Gasteiger partial charge in [0.05, 0.1) is 0 Å². The predicted octanol–water partition coefficient (Wildman–Crippen LogP) is 4.56. The number of nitrogens with one attached hydrogen (secondary N) is 1. The van der Waals surface area contributed by atoms with E-state index in [4.69, 9.17) is 0 Å². The smallest absolute Gasteiger partial charge is 0.227 e. The van der Waals surface area contributed by atoms with E-state index in [1.54, 1.807) is 0 Å². The van der Waals surface area contributed by atoms with Gasteiger partial charge in [-0.25, -0.2) is 4.39 Å². The van der Waals surface area contributed by atoms with Crippen LogP contribution in [0.3, 0.4) is 0 Å². The van der Waals surface area contributed by atoms with E-state index in [9.17, 15) is 9.18 Å². The summed E-state index contributed by atoms with van der Waals surface area (Å²) in [6.45, 7) is 1.66. The maximum absolute atomic E-state index is 13.1. The molecule has 2 aromatic carbocycles. The van der Waals surface area contributed by atoms with Crippen LogP contribution in [-0.4, -0.2) is 19.0 Å². The largest absolute Gasteiger partial charge is 0.371 e. The Morgan fingerprint density at radius 2 is 1.73 bits per heavy atom. The van der Waals surface area contributed by atoms with Gasteiger partial charge in [-0.3, -0.25) is 4.79 Å². The molecule has 4 heteroatoms. The van der Waals surface area contributed by atoms with Crippen LogP contribution in [0.1, 0.15) is 36.8 Å². The van der Waals surface area contributed by atoms with Gasteiger partial charge in [-0.05, 0) is 80.0 Å². The van der Waals surface area contributed by atoms with E-state index in [1.165, 1.54) is 36.1 Å². The minimum Gasteiger partial charge on any atom is -0.371 e. The standard InChI is InChI=1S/C22H25FN2O/c23-18-8-10-19(11-9-18)25-14-12-17(13-15-25)22(26)24-21-7-3-5-16-4-1-2-6-20(16)21/h3,5,7-11,17H,1-2,4,6,12-15H2,(H,24,26). The summed E-state index contributed by atoms with van der Waals surface area (Å²) in [5, 5.41) is 3.19. The molecule has 26 heavy (non-hydrogen) atoms. The lowest BCUT2D eigenvalue weighted by atomic mass is 9.90. The van der Waals surface area contributed by atoms with Crippen LogP contribution in [0.5, 0.6) is 0 Å². The van der Waals surface area contributed by atoms with Gasteiger partial charge in [-0.15, -0.1) is 0 Å². The molecule has 0 saturated carbocycles. The van der Waals surface area contributed by atoms with E-state index < -0.39 is 0 Å². The first-order valence-corrected chi connectivity index (χ1v) is 9.63. The van der Waals surface area contributed by atoms with Crippen LogP contribution < -0.4 is 10.2 Å². The first kappa shape index (κ1) is 17.1. The van der Waals surface area contributed by atoms with Crippen molar-refractivity contribution in [3.05, 3.63) is 59.4 Å². The second kappa shape index (κ2) is 7.48. The van der Waals surface area contributed by atoms with E-state index in [1.807, 2.05) is 18.2 Å². The van der Waals surface area contributed by atoms with Gasteiger partial charge >= 0.3 is 0 Å². The fraction of sp³-hybridized carbons (Fsp3) is 0.409. The molecule has 1 aliphatic carbocycles. The molecule has 3 nitrogen and oxygen atoms in total. The second-order valence-electron chi connectivity index (χ2n) is 7.38. The lowest BCUT2D eigenvalue weighted by Gasteiger charge is -2.33. The third-order valence-electron chi connectivity index (χ3n) is 5.71. The molecule has 0 bridgehead atoms. The molecule has 0 aromatic heterocycles. The fourth-order valence-corrected chi connectivity index (χ4v) is 4.19. The summed E-state index contributed by atoms with van der Waals surface area (Å²) in [6, 6.07) is 12.9. The molecule has 1 N–H and O–H groups in total. The van der Waals surface area contributed by atoms with Crippen LogP contribution in [0.2, 0.25) is 0 Å². The van der Waals surface area contributed by atoms with Crippen LogP contribution in [0.4, 0.5) is 15.8 Å². The normalized spacial score (nSPS) is 17.7. The molecular weight excluding hydrogens is 327 g/mol. The zero-order chi connectivity index (χ0) is 17.9. The molecule has 2 aliphatic rings. The Bertz CT molecular complexity index is 779. The van der Waals surface area contributed by atoms with Crippen molar-refractivity contribution >= 4 is 17.3 Å². The number of piperidine rings is 1. The van der Waals surface area contributed by atoms with Gasteiger partial charge in [-0.1, -0.05) is 12.1 Å². The lowest BCUT2D eigenvalue weighted by Crippen LogP contribution is -2.38. The summed E-state index contributed by atoms with van der Waals surface area (Å²) in [7, 11) is 0. The van der Waals surface area contributed by atoms with Gasteiger partial charge in [0.15, 0.2) is 0 Å². The molecule has 2 aromatic rings. The summed E-state index contributed by atoms with van der Waals surface area (Å²) in [5.74, 6) is -0.0249. The highest BCUT2D eigenvalue weighted by Gasteiger charge is 2.26. The Balaban J connectivity index is 1.38. The van der Waals surface area contributed by atoms with Crippen LogP contribution in [0.15, 0.2) is 42.5 Å². The van der Waals surface area contributed by atoms with Crippen LogP contribution in [0.25, 0.3) is 0 Å². The van der Waals surface area contributed by atoms with Crippen molar-refractivity contribution < 1.29 is 9.18 Å². The molecule has 1 heterocycles. The minimum absolute atomic E-state index is 0.0474. The number of rotatable bonds is 3. The Morgan fingerprint density at radius 3 is 2.50 bits per heavy atom. The van der Waals surface area contributed by atoms with Gasteiger partial charge in [0.1, 0.15) is 5.82 Å². The number of carbonyl (C=O) groups excluding carboxylic acids is 1. The Hall–Kier alpha value is -2.36. The van der Waals surface area contributed by atoms with E-state index in [0.717, 1.165) is 50.1 Å². The van der Waals surface area contributed by atoms with Gasteiger partial charge in [0.25, 0.3) is 0 Å². The van der Waals surface area contributed by atoms with Crippen molar-refractivity contribution in [2.24, 2.45) is 5.92 Å². The molecule has 136 valence electrons. The number of fused-ring (bicyclic) bond motifs is 1. The van der Waals surface area contributed by atoms with E-state index in [-0.39, 0.29) is 17.6 Å². The quantitative estimate of drug-likeness (QED) is 0.878. The van der Waals surface area contributed by atoms with E-state index >= 15 is 0 Å². The number of hydrogen-bond donors (Lipinski definition) is 1. The summed E-state index contributed by atoms with van der Waals surface area (Å²) in [4.78, 5) is 15.0. The van der Waals surface area contributed by atoms with Crippen molar-refractivity contribution in [3.63, 3.8) is 0 Å². The van der Waals surface area contributed by atoms with Crippen LogP contribution in [0, 0.1) is 11.7 Å². The van der Waals surface area contributed by atoms with Crippen molar-refractivity contribution in [3.8, 4) is 0 Å². The van der Waals surface area contributed by atoms with Crippen molar-refractivity contribution in [1.29, 1.82) is 0 Å². The van der Waals surface area contributed by atoms with Gasteiger partial charge in [0, 0.05) is 30.4 Å². The lowest BCUT2D eigenvalue weighted by molar-refractivity contribution is -0.120. The summed E-state index contributed by atoms with van der Waals surface area (Å²) < 4.78 is 13.1. The minimum atomic E-state index is -0.214. The Labute approximate surface area is 154 Å². The topological polar surface area (TPSA) is 32.3 Å². The molecule has 1 fully saturated rings. The molecule has 0 unspecified atom stereocenters. The number of hydrogen-bond acceptors (Lipinski definition) is 2. The zero-order valence-corrected chi connectivity index (χ0v) is 15.0. The Morgan fingerprint density at radius 1 is 1.00 bits per heavy atom. The SMILES string of the molecule is O=C(Nc1cccc2c1CCCC2)C1CCN(c2ccc(F)cc2)CC1. The molecule has 1 saturated heterocycles. The summed E-state index contributed by atoms with van der Waals surface area (Å²) in [6.07, 6.45) is 6.29. The average Bonchev–Trinajstić information content (AvgIpc) is 2.69. The van der Waals surface area contributed by atoms with Crippen molar-refractivity contribution in [2.45, 2.75) is 38.5 Å². The number of benzene rings is 2. The molecule has 4 rings (SSSR count). The number of halogens is 1. The van der Waals surface area contributed by atoms with Gasteiger partial charge in [0.2, 0.25) is 5.91 Å². The number of aryl methyl sites for hydroxylation is 1. The number of amides is 1. The third-order valence-corrected chi connectivity index (χ3v) is 5.71. The molecule has 1 aliphatic heterocycles. The predicted molar refractivity (Wildman–Crippen MR) is 103 cm³/mol. The van der Waals surface area contributed by atoms with Crippen LogP contribution in [-0.2, 0) is 17.6 Å². The number of carbonyl (C=O) groups is 1. The first-order chi connectivity index (χ1) is 12.7. The van der Waals surface area contributed by atoms with Crippen molar-refractivity contribution in [1.82, 2.24) is 0 Å². The molecule has 0 spiro atoms. The molecule has 0 atom stereocenters. The molecule has 0 radical (unpaired) electrons. The Kier molecular flexibility index (Phi) is 4.91. The number of nitrogens with zero attached hydrogens (tertiary/aromatic N) is 1. The molecular formula is C22H25FN2O. The third kappa shape index (κ3) is 3.59. The van der Waals surface area contributed by atoms with E-state index in [0.29, 0.717) is 0 Å². The molecule has 1 amide bonds. The zero-order valence-electron chi connectivity index (χ0n) is 15.0. The average molecular weight is 352 g/mol. The van der Waals surface area contributed by atoms with Gasteiger partial charge < -0.3 is 10.2 Å². The summed E-state index contributed by atoms with van der Waals surface area (Å²) >= 11 is 0. The van der Waals surface area contributed by atoms with Gasteiger partial charge in [-0.2, -0.15) is 0 Å². The van der Waals surface area contributed by atoms with Crippen LogP contribution >= 0.6 is 0 Å². The van der Waals surface area contributed by atoms with Crippen molar-refractivity contribution in [2.75, 3.05) is 23.3 Å². The highest BCUT2D eigenvalue weighted by Crippen LogP contribution is 2.29. The highest BCUT2D eigenvalue weighted by atomic mass is 19.1. The fourth-order valence-electron chi connectivity index (χ4n) is 4.19. The summed E-state index contributed by atoms with van der Waals surface area (Å²) in [5.41, 5.74) is 4.76. The van der Waals surface area contributed by atoms with E-state index in [2.05, 4.69) is 22.3 Å². The number of anilines is 2.